The third-order valence-electron chi connectivity index (χ3n) is 5.63. The maximum absolute atomic E-state index is 14.0. The summed E-state index contributed by atoms with van der Waals surface area (Å²) < 4.78 is 14.0. The summed E-state index contributed by atoms with van der Waals surface area (Å²) in [4.78, 5) is 2.19. The predicted molar refractivity (Wildman–Crippen MR) is 91.6 cm³/mol. The van der Waals surface area contributed by atoms with Gasteiger partial charge in [0.2, 0.25) is 0 Å². The molecule has 3 heteroatoms. The van der Waals surface area contributed by atoms with Gasteiger partial charge in [-0.25, -0.2) is 4.39 Å². The average Bonchev–Trinajstić information content (AvgIpc) is 2.55. The Morgan fingerprint density at radius 2 is 1.59 bits per heavy atom. The van der Waals surface area contributed by atoms with Crippen molar-refractivity contribution >= 4 is 11.4 Å². The lowest BCUT2D eigenvalue weighted by Crippen LogP contribution is -2.34. The van der Waals surface area contributed by atoms with Crippen LogP contribution in [0.25, 0.3) is 0 Å². The first kappa shape index (κ1) is 15.6. The maximum atomic E-state index is 14.0. The van der Waals surface area contributed by atoms with Gasteiger partial charge in [-0.15, -0.1) is 0 Å². The summed E-state index contributed by atoms with van der Waals surface area (Å²) in [6.07, 6.45) is 12.4. The van der Waals surface area contributed by atoms with E-state index in [1.807, 2.05) is 6.07 Å². The van der Waals surface area contributed by atoms with Crippen LogP contribution in [0.5, 0.6) is 0 Å². The van der Waals surface area contributed by atoms with Gasteiger partial charge in [0.15, 0.2) is 0 Å². The standard InChI is InChI=1S/C19H29FN2/c20-18-14-17(21)8-9-19(18)22-12-10-16(11-13-22)7-6-15-4-2-1-3-5-15/h8-9,14-16H,1-7,10-13,21H2. The molecule has 0 aromatic heterocycles. The molecule has 22 heavy (non-hydrogen) atoms. The summed E-state index contributed by atoms with van der Waals surface area (Å²) in [7, 11) is 0. The van der Waals surface area contributed by atoms with Crippen molar-refractivity contribution in [2.75, 3.05) is 23.7 Å². The molecule has 0 radical (unpaired) electrons. The molecule has 1 heterocycles. The molecule has 122 valence electrons. The van der Waals surface area contributed by atoms with Gasteiger partial charge >= 0.3 is 0 Å². The summed E-state index contributed by atoms with van der Waals surface area (Å²) in [6, 6.07) is 5.06. The van der Waals surface area contributed by atoms with Crippen molar-refractivity contribution in [2.24, 2.45) is 11.8 Å². The fraction of sp³-hybridized carbons (Fsp3) is 0.684. The van der Waals surface area contributed by atoms with Crippen LogP contribution in [0.1, 0.15) is 57.8 Å². The largest absolute Gasteiger partial charge is 0.399 e. The molecule has 1 aromatic carbocycles. The molecule has 0 spiro atoms. The van der Waals surface area contributed by atoms with Crippen LogP contribution in [-0.2, 0) is 0 Å². The highest BCUT2D eigenvalue weighted by Crippen LogP contribution is 2.32. The number of piperidine rings is 1. The van der Waals surface area contributed by atoms with Gasteiger partial charge in [0.05, 0.1) is 5.69 Å². The lowest BCUT2D eigenvalue weighted by molar-refractivity contribution is 0.287. The first-order chi connectivity index (χ1) is 10.7. The van der Waals surface area contributed by atoms with Crippen LogP contribution in [0, 0.1) is 17.7 Å². The van der Waals surface area contributed by atoms with E-state index in [1.165, 1.54) is 63.9 Å². The fourth-order valence-electron chi connectivity index (χ4n) is 4.19. The number of hydrogen-bond donors (Lipinski definition) is 1. The highest BCUT2D eigenvalue weighted by atomic mass is 19.1. The summed E-state index contributed by atoms with van der Waals surface area (Å²) in [5.41, 5.74) is 6.86. The van der Waals surface area contributed by atoms with Gasteiger partial charge in [-0.3, -0.25) is 0 Å². The zero-order valence-corrected chi connectivity index (χ0v) is 13.6. The van der Waals surface area contributed by atoms with Crippen molar-refractivity contribution in [1.29, 1.82) is 0 Å². The van der Waals surface area contributed by atoms with E-state index in [9.17, 15) is 4.39 Å². The highest BCUT2D eigenvalue weighted by Gasteiger charge is 2.22. The normalized spacial score (nSPS) is 21.2. The van der Waals surface area contributed by atoms with E-state index in [-0.39, 0.29) is 5.82 Å². The molecule has 2 fully saturated rings. The summed E-state index contributed by atoms with van der Waals surface area (Å²) in [6.45, 7) is 1.96. The molecule has 1 saturated carbocycles. The van der Waals surface area contributed by atoms with E-state index in [2.05, 4.69) is 4.90 Å². The van der Waals surface area contributed by atoms with Crippen molar-refractivity contribution in [1.82, 2.24) is 0 Å². The fourth-order valence-corrected chi connectivity index (χ4v) is 4.19. The lowest BCUT2D eigenvalue weighted by Gasteiger charge is -2.34. The Labute approximate surface area is 133 Å². The Hall–Kier alpha value is -1.25. The minimum atomic E-state index is -0.180. The molecule has 1 saturated heterocycles. The Morgan fingerprint density at radius 3 is 2.23 bits per heavy atom. The highest BCUT2D eigenvalue weighted by molar-refractivity contribution is 5.54. The van der Waals surface area contributed by atoms with Crippen molar-refractivity contribution in [2.45, 2.75) is 57.8 Å². The first-order valence-corrected chi connectivity index (χ1v) is 9.02. The van der Waals surface area contributed by atoms with Crippen LogP contribution in [0.3, 0.4) is 0 Å². The number of rotatable bonds is 4. The second-order valence-electron chi connectivity index (χ2n) is 7.22. The van der Waals surface area contributed by atoms with Gasteiger partial charge in [0, 0.05) is 18.8 Å². The Balaban J connectivity index is 1.45. The van der Waals surface area contributed by atoms with E-state index in [0.29, 0.717) is 5.69 Å². The van der Waals surface area contributed by atoms with E-state index in [4.69, 9.17) is 5.73 Å². The molecule has 2 aliphatic rings. The zero-order chi connectivity index (χ0) is 15.4. The molecule has 2 nitrogen and oxygen atoms in total. The predicted octanol–water partition coefficient (Wildman–Crippen LogP) is 4.98. The second-order valence-corrected chi connectivity index (χ2v) is 7.22. The maximum Gasteiger partial charge on any atom is 0.148 e. The Kier molecular flexibility index (Phi) is 5.22. The molecule has 1 aromatic rings. The van der Waals surface area contributed by atoms with Crippen molar-refractivity contribution in [3.8, 4) is 0 Å². The van der Waals surface area contributed by atoms with Crippen LogP contribution in [0.15, 0.2) is 18.2 Å². The third-order valence-corrected chi connectivity index (χ3v) is 5.63. The monoisotopic (exact) mass is 304 g/mol. The molecular weight excluding hydrogens is 275 g/mol. The van der Waals surface area contributed by atoms with Crippen LogP contribution in [0.2, 0.25) is 0 Å². The molecular formula is C19H29FN2. The minimum absolute atomic E-state index is 0.180. The molecule has 1 aliphatic heterocycles. The SMILES string of the molecule is Nc1ccc(N2CCC(CCC3CCCCC3)CC2)c(F)c1. The van der Waals surface area contributed by atoms with E-state index in [0.717, 1.165) is 30.6 Å². The third kappa shape index (κ3) is 3.93. The van der Waals surface area contributed by atoms with Crippen LogP contribution < -0.4 is 10.6 Å². The van der Waals surface area contributed by atoms with E-state index < -0.39 is 0 Å². The van der Waals surface area contributed by atoms with Crippen LogP contribution >= 0.6 is 0 Å². The smallest absolute Gasteiger partial charge is 0.148 e. The Bertz CT molecular complexity index is 474. The van der Waals surface area contributed by atoms with Crippen LogP contribution in [0.4, 0.5) is 15.8 Å². The van der Waals surface area contributed by atoms with E-state index in [1.54, 1.807) is 6.07 Å². The van der Waals surface area contributed by atoms with Gasteiger partial charge in [0.1, 0.15) is 5.82 Å². The topological polar surface area (TPSA) is 29.3 Å². The number of anilines is 2. The van der Waals surface area contributed by atoms with Crippen molar-refractivity contribution in [3.63, 3.8) is 0 Å². The molecule has 3 rings (SSSR count). The summed E-state index contributed by atoms with van der Waals surface area (Å²) in [5.74, 6) is 1.65. The second kappa shape index (κ2) is 7.34. The average molecular weight is 304 g/mol. The zero-order valence-electron chi connectivity index (χ0n) is 13.6. The van der Waals surface area contributed by atoms with Gasteiger partial charge in [0.25, 0.3) is 0 Å². The number of nitrogens with zero attached hydrogens (tertiary/aromatic N) is 1. The summed E-state index contributed by atoms with van der Waals surface area (Å²) in [5, 5.41) is 0. The molecule has 0 amide bonds. The Morgan fingerprint density at radius 1 is 0.955 bits per heavy atom. The molecule has 1 aliphatic carbocycles. The molecule has 0 unspecified atom stereocenters. The first-order valence-electron chi connectivity index (χ1n) is 9.02. The number of benzene rings is 1. The number of nitrogen functional groups attached to an aromatic ring is 1. The number of hydrogen-bond acceptors (Lipinski definition) is 2. The van der Waals surface area contributed by atoms with E-state index >= 15 is 0 Å². The summed E-state index contributed by atoms with van der Waals surface area (Å²) >= 11 is 0. The molecule has 0 bridgehead atoms. The van der Waals surface area contributed by atoms with Crippen LogP contribution in [-0.4, -0.2) is 13.1 Å². The molecule has 2 N–H and O–H groups in total. The molecule has 0 atom stereocenters. The van der Waals surface area contributed by atoms with Crippen molar-refractivity contribution in [3.05, 3.63) is 24.0 Å². The quantitative estimate of drug-likeness (QED) is 0.794. The van der Waals surface area contributed by atoms with Gasteiger partial charge in [-0.2, -0.15) is 0 Å². The van der Waals surface area contributed by atoms with Crippen molar-refractivity contribution < 1.29 is 4.39 Å². The van der Waals surface area contributed by atoms with Gasteiger partial charge in [-0.1, -0.05) is 44.9 Å². The number of halogens is 1. The lowest BCUT2D eigenvalue weighted by atomic mass is 9.82. The number of nitrogens with two attached hydrogens (primary N) is 1. The minimum Gasteiger partial charge on any atom is -0.399 e. The van der Waals surface area contributed by atoms with Gasteiger partial charge < -0.3 is 10.6 Å². The van der Waals surface area contributed by atoms with Gasteiger partial charge in [-0.05, 0) is 42.9 Å².